The molecule has 0 radical (unpaired) electrons. The Morgan fingerprint density at radius 3 is 1.51 bits per heavy atom. The van der Waals surface area contributed by atoms with E-state index >= 15 is 0 Å². The maximum absolute atomic E-state index is 12.8. The van der Waals surface area contributed by atoms with Gasteiger partial charge in [-0.05, 0) is 16.7 Å². The predicted octanol–water partition coefficient (Wildman–Crippen LogP) is 1.54. The third-order valence-corrected chi connectivity index (χ3v) is 5.93. The second kappa shape index (κ2) is 13.5. The minimum Gasteiger partial charge on any atom is -0.395 e. The van der Waals surface area contributed by atoms with E-state index in [0.29, 0.717) is 19.6 Å². The number of amides is 1. The largest absolute Gasteiger partial charge is 0.395 e. The fraction of sp³-hybridized carbons (Fsp3) is 0.286. The van der Waals surface area contributed by atoms with Gasteiger partial charge in [0.05, 0.1) is 25.3 Å². The highest BCUT2D eigenvalue weighted by Gasteiger charge is 2.36. The van der Waals surface area contributed by atoms with Crippen LogP contribution in [0.2, 0.25) is 0 Å². The number of ketones is 1. The number of benzene rings is 3. The van der Waals surface area contributed by atoms with E-state index in [1.54, 1.807) is 0 Å². The van der Waals surface area contributed by atoms with Gasteiger partial charge >= 0.3 is 0 Å². The summed E-state index contributed by atoms with van der Waals surface area (Å²) in [4.78, 5) is 27.2. The Morgan fingerprint density at radius 2 is 1.11 bits per heavy atom. The SMILES string of the molecule is O=C(CNC(c1ccccc1)(c1ccccc1)c1ccccc1)C(=O)NCCN(CCO)CCO. The van der Waals surface area contributed by atoms with Crippen molar-refractivity contribution < 1.29 is 19.8 Å². The standard InChI is InChI=1S/C28H33N3O4/c32-20-18-31(19-21-33)17-16-29-27(35)26(34)22-30-28(23-10-4-1-5-11-23,24-12-6-2-7-13-24)25-14-8-3-9-15-25/h1-15,30,32-33H,16-22H2,(H,29,35). The van der Waals surface area contributed by atoms with Crippen LogP contribution in [-0.2, 0) is 15.1 Å². The predicted molar refractivity (Wildman–Crippen MR) is 136 cm³/mol. The van der Waals surface area contributed by atoms with Crippen LogP contribution in [0, 0.1) is 0 Å². The zero-order chi connectivity index (χ0) is 24.9. The van der Waals surface area contributed by atoms with Gasteiger partial charge in [-0.2, -0.15) is 0 Å². The fourth-order valence-corrected chi connectivity index (χ4v) is 4.21. The number of hydrogen-bond acceptors (Lipinski definition) is 6. The molecule has 1 amide bonds. The Hall–Kier alpha value is -3.36. The van der Waals surface area contributed by atoms with Gasteiger partial charge < -0.3 is 15.5 Å². The molecule has 0 atom stereocenters. The van der Waals surface area contributed by atoms with Gasteiger partial charge in [0.25, 0.3) is 5.91 Å². The van der Waals surface area contributed by atoms with Crippen LogP contribution in [0.1, 0.15) is 16.7 Å². The van der Waals surface area contributed by atoms with Crippen molar-refractivity contribution in [3.05, 3.63) is 108 Å². The average Bonchev–Trinajstić information content (AvgIpc) is 2.91. The molecule has 3 rings (SSSR count). The molecule has 0 aliphatic heterocycles. The highest BCUT2D eigenvalue weighted by Crippen LogP contribution is 2.36. The Kier molecular flexibility index (Phi) is 10.1. The Labute approximate surface area is 206 Å². The Morgan fingerprint density at radius 1 is 0.686 bits per heavy atom. The van der Waals surface area contributed by atoms with Crippen LogP contribution in [0.4, 0.5) is 0 Å². The van der Waals surface area contributed by atoms with Gasteiger partial charge in [0, 0.05) is 26.2 Å². The molecule has 0 saturated carbocycles. The minimum absolute atomic E-state index is 0.0443. The van der Waals surface area contributed by atoms with E-state index in [-0.39, 0.29) is 26.3 Å². The van der Waals surface area contributed by atoms with Crippen molar-refractivity contribution in [2.24, 2.45) is 0 Å². The van der Waals surface area contributed by atoms with Gasteiger partial charge in [-0.1, -0.05) is 91.0 Å². The maximum Gasteiger partial charge on any atom is 0.288 e. The summed E-state index contributed by atoms with van der Waals surface area (Å²) < 4.78 is 0. The maximum atomic E-state index is 12.8. The molecule has 184 valence electrons. The van der Waals surface area contributed by atoms with E-state index in [1.165, 1.54) is 0 Å². The average molecular weight is 476 g/mol. The van der Waals surface area contributed by atoms with Crippen molar-refractivity contribution in [3.8, 4) is 0 Å². The third kappa shape index (κ3) is 6.83. The molecule has 0 aromatic heterocycles. The molecule has 0 fully saturated rings. The molecular weight excluding hydrogens is 442 g/mol. The molecule has 7 nitrogen and oxygen atoms in total. The first-order valence-corrected chi connectivity index (χ1v) is 11.8. The van der Waals surface area contributed by atoms with Gasteiger partial charge in [-0.15, -0.1) is 0 Å². The first-order chi connectivity index (χ1) is 17.1. The van der Waals surface area contributed by atoms with Crippen LogP contribution in [0.25, 0.3) is 0 Å². The van der Waals surface area contributed by atoms with Gasteiger partial charge in [-0.3, -0.25) is 19.8 Å². The molecule has 4 N–H and O–H groups in total. The number of hydrogen-bond donors (Lipinski definition) is 4. The number of aliphatic hydroxyl groups excluding tert-OH is 2. The summed E-state index contributed by atoms with van der Waals surface area (Å²) in [5.41, 5.74) is 2.02. The van der Waals surface area contributed by atoms with Crippen molar-refractivity contribution in [2.75, 3.05) is 45.9 Å². The van der Waals surface area contributed by atoms with Crippen molar-refractivity contribution in [1.29, 1.82) is 0 Å². The number of rotatable bonds is 14. The number of carbonyl (C=O) groups excluding carboxylic acids is 2. The summed E-state index contributed by atoms with van der Waals surface area (Å²) in [6.07, 6.45) is 0. The lowest BCUT2D eigenvalue weighted by molar-refractivity contribution is -0.137. The molecule has 0 saturated heterocycles. The van der Waals surface area contributed by atoms with Gasteiger partial charge in [0.1, 0.15) is 0 Å². The molecular formula is C28H33N3O4. The number of carbonyl (C=O) groups is 2. The molecule has 0 spiro atoms. The molecule has 0 bridgehead atoms. The van der Waals surface area contributed by atoms with E-state index in [1.807, 2.05) is 95.9 Å². The van der Waals surface area contributed by atoms with Crippen molar-refractivity contribution in [1.82, 2.24) is 15.5 Å². The normalized spacial score (nSPS) is 11.4. The van der Waals surface area contributed by atoms with Crippen LogP contribution in [0.5, 0.6) is 0 Å². The number of nitrogens with one attached hydrogen (secondary N) is 2. The second-order valence-corrected chi connectivity index (χ2v) is 8.17. The molecule has 7 heteroatoms. The molecule has 35 heavy (non-hydrogen) atoms. The lowest BCUT2D eigenvalue weighted by Crippen LogP contribution is -2.49. The first kappa shape index (κ1) is 26.2. The quantitative estimate of drug-likeness (QED) is 0.208. The smallest absolute Gasteiger partial charge is 0.288 e. The molecule has 3 aromatic carbocycles. The van der Waals surface area contributed by atoms with E-state index in [9.17, 15) is 9.59 Å². The molecule has 0 aliphatic carbocycles. The monoisotopic (exact) mass is 475 g/mol. The molecule has 0 unspecified atom stereocenters. The topological polar surface area (TPSA) is 102 Å². The first-order valence-electron chi connectivity index (χ1n) is 11.8. The Bertz CT molecular complexity index is 943. The van der Waals surface area contributed by atoms with E-state index in [2.05, 4.69) is 10.6 Å². The summed E-state index contributed by atoms with van der Waals surface area (Å²) >= 11 is 0. The lowest BCUT2D eigenvalue weighted by Gasteiger charge is -2.37. The van der Waals surface area contributed by atoms with Crippen molar-refractivity contribution in [2.45, 2.75) is 5.54 Å². The summed E-state index contributed by atoms with van der Waals surface area (Å²) in [5.74, 6) is -1.25. The lowest BCUT2D eigenvalue weighted by atomic mass is 9.77. The summed E-state index contributed by atoms with van der Waals surface area (Å²) in [6, 6.07) is 29.6. The van der Waals surface area contributed by atoms with Crippen LogP contribution >= 0.6 is 0 Å². The van der Waals surface area contributed by atoms with Crippen LogP contribution < -0.4 is 10.6 Å². The fourth-order valence-electron chi connectivity index (χ4n) is 4.21. The number of nitrogens with zero attached hydrogens (tertiary/aromatic N) is 1. The summed E-state index contributed by atoms with van der Waals surface area (Å²) in [7, 11) is 0. The Balaban J connectivity index is 1.80. The van der Waals surface area contributed by atoms with Crippen molar-refractivity contribution >= 4 is 11.7 Å². The number of Topliss-reactive ketones (excluding diaryl/α,β-unsaturated/α-hetero) is 1. The second-order valence-electron chi connectivity index (χ2n) is 8.17. The number of aliphatic hydroxyl groups is 2. The third-order valence-electron chi connectivity index (χ3n) is 5.93. The zero-order valence-electron chi connectivity index (χ0n) is 19.8. The summed E-state index contributed by atoms with van der Waals surface area (Å²) in [6.45, 7) is 1.19. The van der Waals surface area contributed by atoms with Gasteiger partial charge in [0.2, 0.25) is 5.78 Å². The zero-order valence-corrected chi connectivity index (χ0v) is 19.8. The van der Waals surface area contributed by atoms with E-state index < -0.39 is 17.2 Å². The van der Waals surface area contributed by atoms with Crippen molar-refractivity contribution in [3.63, 3.8) is 0 Å². The van der Waals surface area contributed by atoms with Gasteiger partial charge in [-0.25, -0.2) is 0 Å². The molecule has 3 aromatic rings. The van der Waals surface area contributed by atoms with E-state index in [4.69, 9.17) is 10.2 Å². The highest BCUT2D eigenvalue weighted by atomic mass is 16.3. The highest BCUT2D eigenvalue weighted by molar-refractivity contribution is 6.37. The minimum atomic E-state index is -0.835. The summed E-state index contributed by atoms with van der Waals surface area (Å²) in [5, 5.41) is 24.3. The van der Waals surface area contributed by atoms with Crippen LogP contribution in [0.3, 0.4) is 0 Å². The molecule has 0 aliphatic rings. The van der Waals surface area contributed by atoms with Gasteiger partial charge in [0.15, 0.2) is 0 Å². The molecule has 0 heterocycles. The van der Waals surface area contributed by atoms with Crippen LogP contribution in [0.15, 0.2) is 91.0 Å². The van der Waals surface area contributed by atoms with Crippen LogP contribution in [-0.4, -0.2) is 72.7 Å². The van der Waals surface area contributed by atoms with E-state index in [0.717, 1.165) is 16.7 Å².